The number of urea groups is 1. The second kappa shape index (κ2) is 9.08. The van der Waals surface area contributed by atoms with E-state index in [9.17, 15) is 22.8 Å². The number of nitrogens with two attached hydrogens (primary N) is 1. The molecule has 4 amide bonds. The van der Waals surface area contributed by atoms with Crippen LogP contribution in [0.3, 0.4) is 0 Å². The van der Waals surface area contributed by atoms with Crippen LogP contribution >= 0.6 is 0 Å². The smallest absolute Gasteiger partial charge is 0.325 e. The van der Waals surface area contributed by atoms with Gasteiger partial charge in [0.05, 0.1) is 14.2 Å². The molecule has 1 aliphatic rings. The molecule has 1 fully saturated rings. The van der Waals surface area contributed by atoms with E-state index < -0.39 is 40.0 Å². The third-order valence-electron chi connectivity index (χ3n) is 5.14. The van der Waals surface area contributed by atoms with E-state index in [2.05, 4.69) is 10.6 Å². The predicted molar refractivity (Wildman–Crippen MR) is 118 cm³/mol. The van der Waals surface area contributed by atoms with E-state index in [4.69, 9.17) is 14.6 Å². The molecule has 33 heavy (non-hydrogen) atoms. The third kappa shape index (κ3) is 5.07. The first-order valence-corrected chi connectivity index (χ1v) is 11.3. The summed E-state index contributed by atoms with van der Waals surface area (Å²) in [7, 11) is -1.32. The lowest BCUT2D eigenvalue weighted by Crippen LogP contribution is -2.46. The van der Waals surface area contributed by atoms with E-state index in [1.807, 2.05) is 0 Å². The number of nitrogens with zero attached hydrogens (tertiary/aromatic N) is 1. The first-order chi connectivity index (χ1) is 15.5. The van der Waals surface area contributed by atoms with Gasteiger partial charge in [0, 0.05) is 12.1 Å². The Morgan fingerprint density at radius 3 is 2.42 bits per heavy atom. The fraction of sp³-hybridized carbons (Fsp3) is 0.286. The van der Waals surface area contributed by atoms with Gasteiger partial charge in [-0.05, 0) is 36.8 Å². The number of anilines is 1. The number of methoxy groups -OCH3 is 2. The number of primary sulfonamides is 1. The molecule has 1 atom stereocenters. The Bertz CT molecular complexity index is 1210. The summed E-state index contributed by atoms with van der Waals surface area (Å²) in [5, 5.41) is 10.3. The van der Waals surface area contributed by atoms with Crippen molar-refractivity contribution in [1.82, 2.24) is 10.2 Å². The molecule has 11 nitrogen and oxygen atoms in total. The SMILES string of the molecule is COc1ccccc1CC1(C)NC(=O)N(CC(=O)Nc2ccc(OC)c(S(N)(=O)=O)c2)C1=O. The van der Waals surface area contributed by atoms with E-state index in [0.717, 1.165) is 16.5 Å². The van der Waals surface area contributed by atoms with Crippen molar-refractivity contribution >= 4 is 33.6 Å². The van der Waals surface area contributed by atoms with Crippen LogP contribution in [-0.4, -0.2) is 57.5 Å². The first-order valence-electron chi connectivity index (χ1n) is 9.75. The summed E-state index contributed by atoms with van der Waals surface area (Å²) in [5.41, 5.74) is -0.447. The van der Waals surface area contributed by atoms with Crippen molar-refractivity contribution in [2.45, 2.75) is 23.8 Å². The van der Waals surface area contributed by atoms with Crippen LogP contribution in [0.5, 0.6) is 11.5 Å². The minimum Gasteiger partial charge on any atom is -0.496 e. The molecule has 0 aliphatic carbocycles. The molecule has 176 valence electrons. The topological polar surface area (TPSA) is 157 Å². The predicted octanol–water partition coefficient (Wildman–Crippen LogP) is 0.843. The van der Waals surface area contributed by atoms with E-state index in [1.165, 1.54) is 26.4 Å². The van der Waals surface area contributed by atoms with Crippen molar-refractivity contribution in [3.63, 3.8) is 0 Å². The van der Waals surface area contributed by atoms with Gasteiger partial charge < -0.3 is 20.1 Å². The Kier molecular flexibility index (Phi) is 6.60. The summed E-state index contributed by atoms with van der Waals surface area (Å²) in [6, 6.07) is 10.3. The lowest BCUT2D eigenvalue weighted by Gasteiger charge is -2.22. The number of hydrogen-bond donors (Lipinski definition) is 3. The van der Waals surface area contributed by atoms with Gasteiger partial charge in [-0.2, -0.15) is 0 Å². The number of ether oxygens (including phenoxy) is 2. The van der Waals surface area contributed by atoms with Crippen molar-refractivity contribution in [3.05, 3.63) is 48.0 Å². The number of imide groups is 1. The molecule has 0 radical (unpaired) electrons. The standard InChI is InChI=1S/C21H24N4O7S/c1-21(11-13-6-4-5-7-15(13)31-2)19(27)25(20(28)24-21)12-18(26)23-14-8-9-16(32-3)17(10-14)33(22,29)30/h4-10H,11-12H2,1-3H3,(H,23,26)(H,24,28)(H2,22,29,30). The summed E-state index contributed by atoms with van der Waals surface area (Å²) < 4.78 is 33.8. The highest BCUT2D eigenvalue weighted by Crippen LogP contribution is 2.28. The Balaban J connectivity index is 1.74. The fourth-order valence-corrected chi connectivity index (χ4v) is 4.28. The minimum atomic E-state index is -4.11. The largest absolute Gasteiger partial charge is 0.496 e. The lowest BCUT2D eigenvalue weighted by atomic mass is 9.92. The van der Waals surface area contributed by atoms with Crippen molar-refractivity contribution in [2.24, 2.45) is 5.14 Å². The summed E-state index contributed by atoms with van der Waals surface area (Å²) in [6.07, 6.45) is 0.163. The van der Waals surface area contributed by atoms with E-state index >= 15 is 0 Å². The molecule has 12 heteroatoms. The van der Waals surface area contributed by atoms with Gasteiger partial charge in [0.1, 0.15) is 28.5 Å². The van der Waals surface area contributed by atoms with Crippen molar-refractivity contribution in [3.8, 4) is 11.5 Å². The van der Waals surface area contributed by atoms with Crippen LogP contribution in [0.25, 0.3) is 0 Å². The quantitative estimate of drug-likeness (QED) is 0.477. The number of nitrogens with one attached hydrogen (secondary N) is 2. The van der Waals surface area contributed by atoms with Crippen LogP contribution in [0.1, 0.15) is 12.5 Å². The van der Waals surface area contributed by atoms with Crippen LogP contribution in [0.2, 0.25) is 0 Å². The average molecular weight is 477 g/mol. The van der Waals surface area contributed by atoms with E-state index in [0.29, 0.717) is 5.75 Å². The number of rotatable bonds is 8. The highest BCUT2D eigenvalue weighted by molar-refractivity contribution is 7.89. The van der Waals surface area contributed by atoms with Crippen LogP contribution in [0.15, 0.2) is 47.4 Å². The first kappa shape index (κ1) is 24.0. The maximum absolute atomic E-state index is 13.0. The molecule has 0 aromatic heterocycles. The third-order valence-corrected chi connectivity index (χ3v) is 6.07. The molecule has 2 aromatic carbocycles. The number of amides is 4. The van der Waals surface area contributed by atoms with E-state index in [-0.39, 0.29) is 22.8 Å². The number of carbonyl (C=O) groups excluding carboxylic acids is 3. The second-order valence-electron chi connectivity index (χ2n) is 7.60. The number of carbonyl (C=O) groups is 3. The Morgan fingerprint density at radius 2 is 1.79 bits per heavy atom. The van der Waals surface area contributed by atoms with Gasteiger partial charge in [-0.1, -0.05) is 18.2 Å². The minimum absolute atomic E-state index is 0.0108. The molecule has 3 rings (SSSR count). The van der Waals surface area contributed by atoms with Gasteiger partial charge in [0.15, 0.2) is 0 Å². The van der Waals surface area contributed by atoms with Gasteiger partial charge in [-0.15, -0.1) is 0 Å². The summed E-state index contributed by atoms with van der Waals surface area (Å²) in [4.78, 5) is 38.5. The number of benzene rings is 2. The van der Waals surface area contributed by atoms with Gasteiger partial charge >= 0.3 is 6.03 Å². The summed E-state index contributed by atoms with van der Waals surface area (Å²) in [5.74, 6) is -0.696. The highest BCUT2D eigenvalue weighted by atomic mass is 32.2. The normalized spacial score (nSPS) is 18.1. The molecular weight excluding hydrogens is 452 g/mol. The maximum atomic E-state index is 13.0. The van der Waals surface area contributed by atoms with Crippen LogP contribution < -0.4 is 25.2 Å². The Labute approximate surface area is 190 Å². The zero-order valence-corrected chi connectivity index (χ0v) is 19.1. The van der Waals surface area contributed by atoms with Gasteiger partial charge in [0.2, 0.25) is 15.9 Å². The molecule has 1 saturated heterocycles. The Hall–Kier alpha value is -3.64. The van der Waals surface area contributed by atoms with Crippen molar-refractivity contribution in [2.75, 3.05) is 26.1 Å². The summed E-state index contributed by atoms with van der Waals surface area (Å²) >= 11 is 0. The van der Waals surface area contributed by atoms with Crippen LogP contribution in [0, 0.1) is 0 Å². The lowest BCUT2D eigenvalue weighted by molar-refractivity contribution is -0.133. The van der Waals surface area contributed by atoms with Crippen molar-refractivity contribution < 1.29 is 32.3 Å². The molecule has 2 aromatic rings. The molecule has 0 bridgehead atoms. The fourth-order valence-electron chi connectivity index (χ4n) is 3.56. The second-order valence-corrected chi connectivity index (χ2v) is 9.13. The zero-order chi connectivity index (χ0) is 24.4. The van der Waals surface area contributed by atoms with Crippen LogP contribution in [-0.2, 0) is 26.0 Å². The number of sulfonamides is 1. The molecule has 1 heterocycles. The molecule has 4 N–H and O–H groups in total. The van der Waals surface area contributed by atoms with Gasteiger partial charge in [-0.3, -0.25) is 14.5 Å². The molecule has 0 saturated carbocycles. The molecular formula is C21H24N4O7S. The summed E-state index contributed by atoms with van der Waals surface area (Å²) in [6.45, 7) is 1.00. The van der Waals surface area contributed by atoms with Crippen molar-refractivity contribution in [1.29, 1.82) is 0 Å². The zero-order valence-electron chi connectivity index (χ0n) is 18.2. The van der Waals surface area contributed by atoms with Gasteiger partial charge in [-0.25, -0.2) is 18.4 Å². The van der Waals surface area contributed by atoms with Gasteiger partial charge in [0.25, 0.3) is 5.91 Å². The molecule has 0 spiro atoms. The molecule has 1 aliphatic heterocycles. The highest BCUT2D eigenvalue weighted by Gasteiger charge is 2.48. The monoisotopic (exact) mass is 476 g/mol. The van der Waals surface area contributed by atoms with E-state index in [1.54, 1.807) is 31.2 Å². The molecule has 1 unspecified atom stereocenters. The van der Waals surface area contributed by atoms with Crippen LogP contribution in [0.4, 0.5) is 10.5 Å². The number of hydrogen-bond acceptors (Lipinski definition) is 7. The maximum Gasteiger partial charge on any atom is 0.325 e. The number of para-hydroxylation sites is 1. The Morgan fingerprint density at radius 1 is 1.12 bits per heavy atom. The average Bonchev–Trinajstić information content (AvgIpc) is 2.96.